The summed E-state index contributed by atoms with van der Waals surface area (Å²) in [6.45, 7) is 5.47. The highest BCUT2D eigenvalue weighted by Crippen LogP contribution is 2.23. The molecule has 32 heavy (non-hydrogen) atoms. The van der Waals surface area contributed by atoms with Crippen molar-refractivity contribution < 1.29 is 13.2 Å². The number of aryl methyl sites for hydroxylation is 2. The number of carbonyl (C=O) groups is 1. The Morgan fingerprint density at radius 3 is 2.31 bits per heavy atom. The fourth-order valence-corrected chi connectivity index (χ4v) is 5.66. The molecule has 0 radical (unpaired) electrons. The number of likely N-dealkylation sites (N-methyl/N-ethyl adjacent to an activating group) is 1. The Labute approximate surface area is 192 Å². The van der Waals surface area contributed by atoms with E-state index in [1.807, 2.05) is 21.0 Å². The van der Waals surface area contributed by atoms with Crippen LogP contribution in [0, 0.1) is 6.92 Å². The normalized spacial score (nSPS) is 16.2. The van der Waals surface area contributed by atoms with E-state index in [2.05, 4.69) is 41.4 Å². The van der Waals surface area contributed by atoms with Crippen molar-refractivity contribution in [2.24, 2.45) is 0 Å². The molecule has 0 spiro atoms. The van der Waals surface area contributed by atoms with Crippen LogP contribution in [-0.2, 0) is 16.4 Å². The van der Waals surface area contributed by atoms with Crippen molar-refractivity contribution in [1.29, 1.82) is 0 Å². The van der Waals surface area contributed by atoms with Gasteiger partial charge in [-0.1, -0.05) is 43.7 Å². The average molecular weight is 458 g/mol. The first-order chi connectivity index (χ1) is 15.2. The lowest BCUT2D eigenvalue weighted by Gasteiger charge is -2.26. The molecule has 0 bridgehead atoms. The fourth-order valence-electron chi connectivity index (χ4n) is 4.12. The van der Waals surface area contributed by atoms with Gasteiger partial charge in [-0.2, -0.15) is 4.31 Å². The summed E-state index contributed by atoms with van der Waals surface area (Å²) in [5.74, 6) is -0.254. The van der Waals surface area contributed by atoms with Crippen LogP contribution in [0.3, 0.4) is 0 Å². The minimum Gasteiger partial charge on any atom is -0.350 e. The smallest absolute Gasteiger partial charge is 0.251 e. The van der Waals surface area contributed by atoms with Gasteiger partial charge in [0.25, 0.3) is 5.91 Å². The van der Waals surface area contributed by atoms with Crippen molar-refractivity contribution in [2.45, 2.75) is 50.5 Å². The maximum atomic E-state index is 13.1. The Kier molecular flexibility index (Phi) is 8.09. The summed E-state index contributed by atoms with van der Waals surface area (Å²) < 4.78 is 27.6. The third-order valence-electron chi connectivity index (χ3n) is 6.26. The Balaban J connectivity index is 1.77. The minimum atomic E-state index is -3.58. The molecule has 3 rings (SSSR count). The zero-order valence-corrected chi connectivity index (χ0v) is 20.4. The quantitative estimate of drug-likeness (QED) is 0.655. The van der Waals surface area contributed by atoms with Crippen molar-refractivity contribution in [1.82, 2.24) is 14.5 Å². The molecule has 1 amide bonds. The first-order valence-corrected chi connectivity index (χ1v) is 12.8. The Morgan fingerprint density at radius 2 is 1.72 bits per heavy atom. The predicted molar refractivity (Wildman–Crippen MR) is 128 cm³/mol. The van der Waals surface area contributed by atoms with Gasteiger partial charge in [-0.25, -0.2) is 8.42 Å². The van der Waals surface area contributed by atoms with Gasteiger partial charge < -0.3 is 10.2 Å². The van der Waals surface area contributed by atoms with Crippen molar-refractivity contribution in [3.8, 4) is 0 Å². The Bertz CT molecular complexity index is 1030. The lowest BCUT2D eigenvalue weighted by atomic mass is 10.0. The molecule has 1 N–H and O–H groups in total. The molecule has 174 valence electrons. The zero-order chi connectivity index (χ0) is 23.3. The van der Waals surface area contributed by atoms with E-state index in [1.165, 1.54) is 15.9 Å². The summed E-state index contributed by atoms with van der Waals surface area (Å²) in [7, 11) is 0.391. The van der Waals surface area contributed by atoms with Crippen LogP contribution in [-0.4, -0.2) is 57.3 Å². The molecule has 1 fully saturated rings. The van der Waals surface area contributed by atoms with Gasteiger partial charge in [-0.05, 0) is 69.1 Å². The van der Waals surface area contributed by atoms with E-state index in [0.717, 1.165) is 36.8 Å². The highest BCUT2D eigenvalue weighted by atomic mass is 32.2. The number of nitrogens with one attached hydrogen (secondary N) is 1. The number of amides is 1. The van der Waals surface area contributed by atoms with Crippen LogP contribution in [0.1, 0.15) is 59.3 Å². The monoisotopic (exact) mass is 457 g/mol. The van der Waals surface area contributed by atoms with Crippen molar-refractivity contribution in [3.63, 3.8) is 0 Å². The molecule has 0 aromatic heterocycles. The van der Waals surface area contributed by atoms with E-state index in [-0.39, 0.29) is 16.8 Å². The number of carbonyl (C=O) groups excluding carboxylic acids is 1. The number of hydrogen-bond acceptors (Lipinski definition) is 4. The Morgan fingerprint density at radius 1 is 1.06 bits per heavy atom. The first kappa shape index (κ1) is 24.4. The summed E-state index contributed by atoms with van der Waals surface area (Å²) >= 11 is 0. The average Bonchev–Trinajstić information content (AvgIpc) is 2.80. The number of rotatable bonds is 8. The molecular weight excluding hydrogens is 422 g/mol. The molecule has 2 aromatic carbocycles. The third kappa shape index (κ3) is 5.57. The van der Waals surface area contributed by atoms with E-state index in [1.54, 1.807) is 12.1 Å². The minimum absolute atomic E-state index is 0.0189. The molecule has 0 saturated carbocycles. The maximum absolute atomic E-state index is 13.1. The van der Waals surface area contributed by atoms with Gasteiger partial charge in [-0.3, -0.25) is 4.79 Å². The molecule has 2 aromatic rings. The zero-order valence-electron chi connectivity index (χ0n) is 19.6. The lowest BCUT2D eigenvalue weighted by Crippen LogP contribution is -2.36. The van der Waals surface area contributed by atoms with E-state index >= 15 is 0 Å². The van der Waals surface area contributed by atoms with E-state index in [0.29, 0.717) is 25.2 Å². The largest absolute Gasteiger partial charge is 0.350 e. The summed E-state index contributed by atoms with van der Waals surface area (Å²) in [4.78, 5) is 15.3. The summed E-state index contributed by atoms with van der Waals surface area (Å²) in [5.41, 5.74) is 3.57. The highest BCUT2D eigenvalue weighted by molar-refractivity contribution is 7.89. The van der Waals surface area contributed by atoms with E-state index in [4.69, 9.17) is 0 Å². The SMILES string of the molecule is CCc1ccc(C(CNC(=O)c2cc(S(=O)(=O)N3CCCCC3)ccc2C)N(C)C)cc1. The van der Waals surface area contributed by atoms with Gasteiger partial charge in [0.05, 0.1) is 10.9 Å². The Hall–Kier alpha value is -2.22. The molecular formula is C25H35N3O3S. The molecule has 1 saturated heterocycles. The number of benzene rings is 2. The van der Waals surface area contributed by atoms with Crippen LogP contribution in [0.4, 0.5) is 0 Å². The molecule has 7 heteroatoms. The standard InChI is InChI=1S/C25H35N3O3S/c1-5-20-10-12-21(13-11-20)24(27(3)4)18-26-25(29)23-17-22(14-9-19(23)2)32(30,31)28-15-7-6-8-16-28/h9-14,17,24H,5-8,15-16,18H2,1-4H3,(H,26,29). The van der Waals surface area contributed by atoms with Crippen LogP contribution in [0.15, 0.2) is 47.4 Å². The predicted octanol–water partition coefficient (Wildman–Crippen LogP) is 3.76. The fraction of sp³-hybridized carbons (Fsp3) is 0.480. The van der Waals surface area contributed by atoms with Crippen molar-refractivity contribution >= 4 is 15.9 Å². The van der Waals surface area contributed by atoms with Crippen LogP contribution in [0.5, 0.6) is 0 Å². The van der Waals surface area contributed by atoms with Gasteiger partial charge >= 0.3 is 0 Å². The topological polar surface area (TPSA) is 69.7 Å². The molecule has 0 aliphatic carbocycles. The molecule has 1 aliphatic heterocycles. The number of sulfonamides is 1. The second-order valence-corrected chi connectivity index (χ2v) is 10.7. The summed E-state index contributed by atoms with van der Waals surface area (Å²) in [5, 5.41) is 3.02. The van der Waals surface area contributed by atoms with Crippen molar-refractivity contribution in [2.75, 3.05) is 33.7 Å². The van der Waals surface area contributed by atoms with Crippen LogP contribution < -0.4 is 5.32 Å². The molecule has 1 atom stereocenters. The number of piperidine rings is 1. The molecule has 1 heterocycles. The van der Waals surface area contributed by atoms with Crippen molar-refractivity contribution in [3.05, 3.63) is 64.7 Å². The highest BCUT2D eigenvalue weighted by Gasteiger charge is 2.27. The van der Waals surface area contributed by atoms with Gasteiger partial charge in [0.1, 0.15) is 0 Å². The number of nitrogens with zero attached hydrogens (tertiary/aromatic N) is 2. The second-order valence-electron chi connectivity index (χ2n) is 8.73. The molecule has 1 unspecified atom stereocenters. The first-order valence-electron chi connectivity index (χ1n) is 11.4. The molecule has 1 aliphatic rings. The van der Waals surface area contributed by atoms with Gasteiger partial charge in [-0.15, -0.1) is 0 Å². The van der Waals surface area contributed by atoms with Crippen LogP contribution in [0.2, 0.25) is 0 Å². The second kappa shape index (κ2) is 10.6. The van der Waals surface area contributed by atoms with Gasteiger partial charge in [0, 0.05) is 25.2 Å². The van der Waals surface area contributed by atoms with E-state index in [9.17, 15) is 13.2 Å². The van der Waals surface area contributed by atoms with Crippen LogP contribution in [0.25, 0.3) is 0 Å². The summed E-state index contributed by atoms with van der Waals surface area (Å²) in [6.07, 6.45) is 3.80. The third-order valence-corrected chi connectivity index (χ3v) is 8.15. The molecule has 6 nitrogen and oxygen atoms in total. The van der Waals surface area contributed by atoms with E-state index < -0.39 is 10.0 Å². The van der Waals surface area contributed by atoms with Crippen LogP contribution >= 0.6 is 0 Å². The number of hydrogen-bond donors (Lipinski definition) is 1. The van der Waals surface area contributed by atoms with Gasteiger partial charge in [0.15, 0.2) is 0 Å². The summed E-state index contributed by atoms with van der Waals surface area (Å²) in [6, 6.07) is 13.3. The van der Waals surface area contributed by atoms with Gasteiger partial charge in [0.2, 0.25) is 10.0 Å². The maximum Gasteiger partial charge on any atom is 0.251 e. The lowest BCUT2D eigenvalue weighted by molar-refractivity contribution is 0.0941.